The molecule has 92 valence electrons. The van der Waals surface area contributed by atoms with E-state index < -0.39 is 0 Å². The van der Waals surface area contributed by atoms with Crippen molar-refractivity contribution in [3.8, 4) is 17.2 Å². The Bertz CT molecular complexity index is 415. The molecule has 1 aliphatic carbocycles. The van der Waals surface area contributed by atoms with Crippen molar-refractivity contribution in [2.45, 2.75) is 19.4 Å². The van der Waals surface area contributed by atoms with Gasteiger partial charge < -0.3 is 19.5 Å². The number of nitrogens with one attached hydrogen (secondary N) is 1. The average molecular weight is 235 g/mol. The van der Waals surface area contributed by atoms with Gasteiger partial charge in [0.25, 0.3) is 0 Å². The Hall–Kier alpha value is -1.42. The van der Waals surface area contributed by atoms with E-state index in [1.165, 1.54) is 12.8 Å². The Morgan fingerprint density at radius 3 is 2.76 bits per heavy atom. The highest BCUT2D eigenvalue weighted by Gasteiger charge is 2.23. The third-order valence-electron chi connectivity index (χ3n) is 3.09. The van der Waals surface area contributed by atoms with Crippen LogP contribution in [-0.4, -0.2) is 20.4 Å². The number of benzene rings is 1. The summed E-state index contributed by atoms with van der Waals surface area (Å²) in [5.74, 6) is 3.27. The summed E-state index contributed by atoms with van der Waals surface area (Å²) >= 11 is 0. The zero-order valence-corrected chi connectivity index (χ0v) is 9.99. The highest BCUT2D eigenvalue weighted by Crippen LogP contribution is 2.39. The minimum atomic E-state index is 0.306. The number of rotatable bonds is 5. The third kappa shape index (κ3) is 2.31. The second kappa shape index (κ2) is 4.45. The standard InChI is InChI=1S/C13H17NO3/c1-14-6-10-4-12-13(17-8-16-12)5-11(10)15-7-9-2-3-9/h4-5,9,14H,2-3,6-8H2,1H3. The van der Waals surface area contributed by atoms with Crippen LogP contribution in [0.3, 0.4) is 0 Å². The topological polar surface area (TPSA) is 39.7 Å². The second-order valence-corrected chi connectivity index (χ2v) is 4.60. The van der Waals surface area contributed by atoms with Crippen LogP contribution < -0.4 is 19.5 Å². The molecule has 1 aromatic rings. The van der Waals surface area contributed by atoms with Crippen LogP contribution in [0.4, 0.5) is 0 Å². The lowest BCUT2D eigenvalue weighted by atomic mass is 10.1. The molecule has 1 N–H and O–H groups in total. The van der Waals surface area contributed by atoms with Gasteiger partial charge in [-0.15, -0.1) is 0 Å². The average Bonchev–Trinajstić information content (AvgIpc) is 3.05. The van der Waals surface area contributed by atoms with Gasteiger partial charge in [-0.2, -0.15) is 0 Å². The van der Waals surface area contributed by atoms with Crippen LogP contribution in [0.15, 0.2) is 12.1 Å². The van der Waals surface area contributed by atoms with E-state index in [0.717, 1.165) is 41.9 Å². The second-order valence-electron chi connectivity index (χ2n) is 4.60. The van der Waals surface area contributed by atoms with Crippen LogP contribution >= 0.6 is 0 Å². The molecule has 0 spiro atoms. The summed E-state index contributed by atoms with van der Waals surface area (Å²) in [6.45, 7) is 1.90. The first kappa shape index (κ1) is 10.7. The van der Waals surface area contributed by atoms with E-state index in [2.05, 4.69) is 5.32 Å². The van der Waals surface area contributed by atoms with Gasteiger partial charge in [0.05, 0.1) is 6.61 Å². The maximum absolute atomic E-state index is 5.86. The van der Waals surface area contributed by atoms with E-state index in [4.69, 9.17) is 14.2 Å². The maximum Gasteiger partial charge on any atom is 0.231 e. The molecule has 4 nitrogen and oxygen atoms in total. The summed E-state index contributed by atoms with van der Waals surface area (Å²) in [4.78, 5) is 0. The Labute approximate surface area is 101 Å². The van der Waals surface area contributed by atoms with Gasteiger partial charge in [-0.3, -0.25) is 0 Å². The van der Waals surface area contributed by atoms with Crippen LogP contribution in [0, 0.1) is 5.92 Å². The van der Waals surface area contributed by atoms with E-state index in [1.807, 2.05) is 19.2 Å². The molecule has 0 aromatic heterocycles. The molecule has 3 rings (SSSR count). The highest BCUT2D eigenvalue weighted by molar-refractivity contribution is 5.51. The molecule has 2 aliphatic rings. The highest BCUT2D eigenvalue weighted by atomic mass is 16.7. The maximum atomic E-state index is 5.86. The fourth-order valence-corrected chi connectivity index (χ4v) is 1.92. The molecular weight excluding hydrogens is 218 g/mol. The molecule has 1 aliphatic heterocycles. The van der Waals surface area contributed by atoms with E-state index in [1.54, 1.807) is 0 Å². The van der Waals surface area contributed by atoms with Crippen molar-refractivity contribution < 1.29 is 14.2 Å². The van der Waals surface area contributed by atoms with Crippen LogP contribution in [0.5, 0.6) is 17.2 Å². The van der Waals surface area contributed by atoms with Crippen molar-refractivity contribution in [1.29, 1.82) is 0 Å². The lowest BCUT2D eigenvalue weighted by Gasteiger charge is -2.12. The Morgan fingerprint density at radius 2 is 2.06 bits per heavy atom. The lowest BCUT2D eigenvalue weighted by molar-refractivity contribution is 0.173. The van der Waals surface area contributed by atoms with Crippen LogP contribution in [0.1, 0.15) is 18.4 Å². The minimum Gasteiger partial charge on any atom is -0.493 e. The SMILES string of the molecule is CNCc1cc2c(cc1OCC1CC1)OCO2. The number of hydrogen-bond acceptors (Lipinski definition) is 4. The van der Waals surface area contributed by atoms with E-state index in [0.29, 0.717) is 6.79 Å². The summed E-state index contributed by atoms with van der Waals surface area (Å²) in [7, 11) is 1.93. The Morgan fingerprint density at radius 1 is 1.29 bits per heavy atom. The Balaban J connectivity index is 1.81. The third-order valence-corrected chi connectivity index (χ3v) is 3.09. The molecule has 0 saturated heterocycles. The van der Waals surface area contributed by atoms with Crippen molar-refractivity contribution in [2.75, 3.05) is 20.4 Å². The molecule has 1 fully saturated rings. The molecule has 0 amide bonds. The zero-order valence-electron chi connectivity index (χ0n) is 9.99. The van der Waals surface area contributed by atoms with Crippen LogP contribution in [-0.2, 0) is 6.54 Å². The molecule has 0 radical (unpaired) electrons. The zero-order chi connectivity index (χ0) is 11.7. The Kier molecular flexibility index (Phi) is 2.81. The molecular formula is C13H17NO3. The first-order chi connectivity index (χ1) is 8.36. The molecule has 4 heteroatoms. The van der Waals surface area contributed by atoms with Gasteiger partial charge in [0.2, 0.25) is 6.79 Å². The van der Waals surface area contributed by atoms with Gasteiger partial charge in [-0.25, -0.2) is 0 Å². The number of fused-ring (bicyclic) bond motifs is 1. The largest absolute Gasteiger partial charge is 0.493 e. The van der Waals surface area contributed by atoms with Gasteiger partial charge >= 0.3 is 0 Å². The van der Waals surface area contributed by atoms with Crippen molar-refractivity contribution in [3.05, 3.63) is 17.7 Å². The van der Waals surface area contributed by atoms with Crippen molar-refractivity contribution in [1.82, 2.24) is 5.32 Å². The quantitative estimate of drug-likeness (QED) is 0.846. The van der Waals surface area contributed by atoms with Crippen molar-refractivity contribution in [3.63, 3.8) is 0 Å². The van der Waals surface area contributed by atoms with E-state index in [-0.39, 0.29) is 0 Å². The minimum absolute atomic E-state index is 0.306. The fraction of sp³-hybridized carbons (Fsp3) is 0.538. The van der Waals surface area contributed by atoms with Gasteiger partial charge in [0, 0.05) is 18.2 Å². The summed E-state index contributed by atoms with van der Waals surface area (Å²) in [5.41, 5.74) is 1.12. The fourth-order valence-electron chi connectivity index (χ4n) is 1.92. The van der Waals surface area contributed by atoms with Crippen LogP contribution in [0.2, 0.25) is 0 Å². The molecule has 1 aromatic carbocycles. The molecule has 0 unspecified atom stereocenters. The monoisotopic (exact) mass is 235 g/mol. The van der Waals surface area contributed by atoms with Gasteiger partial charge in [-0.1, -0.05) is 0 Å². The number of ether oxygens (including phenoxy) is 3. The molecule has 17 heavy (non-hydrogen) atoms. The summed E-state index contributed by atoms with van der Waals surface area (Å²) < 4.78 is 16.6. The summed E-state index contributed by atoms with van der Waals surface area (Å²) in [5, 5.41) is 3.14. The normalized spacial score (nSPS) is 17.2. The first-order valence-electron chi connectivity index (χ1n) is 6.06. The van der Waals surface area contributed by atoms with E-state index >= 15 is 0 Å². The summed E-state index contributed by atoms with van der Waals surface area (Å²) in [6.07, 6.45) is 2.60. The molecule has 0 bridgehead atoms. The molecule has 1 saturated carbocycles. The number of hydrogen-bond donors (Lipinski definition) is 1. The van der Waals surface area contributed by atoms with Gasteiger partial charge in [0.1, 0.15) is 5.75 Å². The predicted molar refractivity (Wildman–Crippen MR) is 63.5 cm³/mol. The first-order valence-corrected chi connectivity index (χ1v) is 6.06. The van der Waals surface area contributed by atoms with Crippen molar-refractivity contribution in [2.24, 2.45) is 5.92 Å². The lowest BCUT2D eigenvalue weighted by Crippen LogP contribution is -2.08. The van der Waals surface area contributed by atoms with Crippen molar-refractivity contribution >= 4 is 0 Å². The van der Waals surface area contributed by atoms with Crippen LogP contribution in [0.25, 0.3) is 0 Å². The van der Waals surface area contributed by atoms with Gasteiger partial charge in [0.15, 0.2) is 11.5 Å². The van der Waals surface area contributed by atoms with Gasteiger partial charge in [-0.05, 0) is 31.9 Å². The molecule has 0 atom stereocenters. The summed E-state index contributed by atoms with van der Waals surface area (Å²) in [6, 6.07) is 3.94. The predicted octanol–water partition coefficient (Wildman–Crippen LogP) is 1.92. The smallest absolute Gasteiger partial charge is 0.231 e. The molecule has 1 heterocycles. The van der Waals surface area contributed by atoms with E-state index in [9.17, 15) is 0 Å².